The Bertz CT molecular complexity index is 1180. The van der Waals surface area contributed by atoms with Crippen molar-refractivity contribution in [2.75, 3.05) is 16.8 Å². The van der Waals surface area contributed by atoms with E-state index < -0.39 is 0 Å². The lowest BCUT2D eigenvalue weighted by Gasteiger charge is -2.16. The van der Waals surface area contributed by atoms with Crippen LogP contribution in [0.4, 0.5) is 11.4 Å². The molecule has 32 heavy (non-hydrogen) atoms. The van der Waals surface area contributed by atoms with E-state index in [-0.39, 0.29) is 17.5 Å². The van der Waals surface area contributed by atoms with E-state index in [9.17, 15) is 9.59 Å². The van der Waals surface area contributed by atoms with E-state index in [0.29, 0.717) is 23.4 Å². The van der Waals surface area contributed by atoms with Crippen LogP contribution in [0.5, 0.6) is 5.75 Å². The Morgan fingerprint density at radius 3 is 2.22 bits per heavy atom. The highest BCUT2D eigenvalue weighted by Crippen LogP contribution is 2.34. The van der Waals surface area contributed by atoms with Crippen molar-refractivity contribution >= 4 is 28.8 Å². The Hall–Kier alpha value is -3.86. The van der Waals surface area contributed by atoms with Gasteiger partial charge >= 0.3 is 0 Å². The van der Waals surface area contributed by atoms with Gasteiger partial charge in [-0.15, -0.1) is 0 Å². The van der Waals surface area contributed by atoms with Gasteiger partial charge in [0.25, 0.3) is 11.8 Å². The fraction of sp³-hybridized carbons (Fsp3) is 0.185. The number of carbonyl (C=O) groups excluding carboxylic acids is 2. The number of benzene rings is 3. The molecule has 0 aliphatic carbocycles. The predicted octanol–water partition coefficient (Wildman–Crippen LogP) is 5.49. The summed E-state index contributed by atoms with van der Waals surface area (Å²) >= 11 is 0. The van der Waals surface area contributed by atoms with Crippen molar-refractivity contribution in [2.45, 2.75) is 27.2 Å². The van der Waals surface area contributed by atoms with E-state index in [0.717, 1.165) is 29.0 Å². The monoisotopic (exact) mass is 426 g/mol. The summed E-state index contributed by atoms with van der Waals surface area (Å²) in [5, 5.41) is 3.20. The lowest BCUT2D eigenvalue weighted by atomic mass is 10.0. The predicted molar refractivity (Wildman–Crippen MR) is 128 cm³/mol. The second-order valence-corrected chi connectivity index (χ2v) is 7.90. The number of rotatable bonds is 7. The molecule has 1 aliphatic rings. The number of amides is 2. The molecule has 0 unspecified atom stereocenters. The minimum Gasteiger partial charge on any atom is -0.494 e. The topological polar surface area (TPSA) is 58.6 Å². The molecule has 0 saturated carbocycles. The molecule has 0 bridgehead atoms. The van der Waals surface area contributed by atoms with Gasteiger partial charge in [0.05, 0.1) is 17.9 Å². The number of hydrogen-bond acceptors (Lipinski definition) is 4. The van der Waals surface area contributed by atoms with Crippen LogP contribution in [0.2, 0.25) is 0 Å². The van der Waals surface area contributed by atoms with Crippen molar-refractivity contribution in [1.82, 2.24) is 0 Å². The molecular weight excluding hydrogens is 400 g/mol. The molecule has 5 nitrogen and oxygen atoms in total. The first-order chi connectivity index (χ1) is 15.5. The molecule has 0 atom stereocenters. The van der Waals surface area contributed by atoms with Gasteiger partial charge in [-0.25, -0.2) is 4.90 Å². The Labute approximate surface area is 188 Å². The molecule has 4 rings (SSSR count). The van der Waals surface area contributed by atoms with E-state index in [1.807, 2.05) is 87.5 Å². The van der Waals surface area contributed by atoms with Crippen molar-refractivity contribution in [1.29, 1.82) is 0 Å². The summed E-state index contributed by atoms with van der Waals surface area (Å²) in [5.41, 5.74) is 4.67. The van der Waals surface area contributed by atoms with E-state index in [2.05, 4.69) is 5.32 Å². The molecule has 5 heteroatoms. The fourth-order valence-corrected chi connectivity index (χ4v) is 3.63. The molecule has 3 aromatic carbocycles. The van der Waals surface area contributed by atoms with Crippen LogP contribution in [0.3, 0.4) is 0 Å². The summed E-state index contributed by atoms with van der Waals surface area (Å²) < 4.78 is 5.66. The van der Waals surface area contributed by atoms with Crippen LogP contribution in [0.1, 0.15) is 30.0 Å². The summed E-state index contributed by atoms with van der Waals surface area (Å²) in [6.07, 6.45) is 0.913. The molecule has 1 N–H and O–H groups in total. The summed E-state index contributed by atoms with van der Waals surface area (Å²) in [6.45, 7) is 6.61. The molecule has 1 aliphatic heterocycles. The number of aryl methyl sites for hydroxylation is 2. The number of imide groups is 1. The lowest BCUT2D eigenvalue weighted by Crippen LogP contribution is -2.32. The van der Waals surface area contributed by atoms with Crippen LogP contribution < -0.4 is 15.0 Å². The molecule has 2 amide bonds. The quantitative estimate of drug-likeness (QED) is 0.508. The third-order valence-electron chi connectivity index (χ3n) is 5.28. The zero-order valence-corrected chi connectivity index (χ0v) is 18.5. The van der Waals surface area contributed by atoms with Gasteiger partial charge in [-0.3, -0.25) is 9.59 Å². The average molecular weight is 427 g/mol. The van der Waals surface area contributed by atoms with Gasteiger partial charge in [0.15, 0.2) is 0 Å². The molecular formula is C27H26N2O3. The first-order valence-corrected chi connectivity index (χ1v) is 10.7. The lowest BCUT2D eigenvalue weighted by molar-refractivity contribution is -0.120. The molecule has 0 spiro atoms. The summed E-state index contributed by atoms with van der Waals surface area (Å²) in [4.78, 5) is 28.2. The van der Waals surface area contributed by atoms with Gasteiger partial charge < -0.3 is 10.1 Å². The first kappa shape index (κ1) is 21.4. The van der Waals surface area contributed by atoms with Crippen molar-refractivity contribution < 1.29 is 14.3 Å². The van der Waals surface area contributed by atoms with Gasteiger partial charge in [0, 0.05) is 5.69 Å². The number of nitrogens with zero attached hydrogens (tertiary/aromatic N) is 1. The highest BCUT2D eigenvalue weighted by atomic mass is 16.5. The van der Waals surface area contributed by atoms with Crippen LogP contribution in [0, 0.1) is 13.8 Å². The SMILES string of the molecule is CCCOc1ccc(C2=C(Nc3ccc(C)cc3)C(=O)N(c3cccc(C)c3)C2=O)cc1. The molecule has 1 heterocycles. The van der Waals surface area contributed by atoms with Crippen molar-refractivity contribution in [2.24, 2.45) is 0 Å². The van der Waals surface area contributed by atoms with Gasteiger partial charge in [0.1, 0.15) is 11.4 Å². The zero-order valence-electron chi connectivity index (χ0n) is 18.5. The Morgan fingerprint density at radius 1 is 0.844 bits per heavy atom. The molecule has 162 valence electrons. The smallest absolute Gasteiger partial charge is 0.282 e. The maximum Gasteiger partial charge on any atom is 0.282 e. The molecule has 3 aromatic rings. The highest BCUT2D eigenvalue weighted by molar-refractivity contribution is 6.46. The van der Waals surface area contributed by atoms with Gasteiger partial charge in [-0.2, -0.15) is 0 Å². The third kappa shape index (κ3) is 4.28. The van der Waals surface area contributed by atoms with E-state index in [1.165, 1.54) is 4.90 Å². The second-order valence-electron chi connectivity index (χ2n) is 7.90. The summed E-state index contributed by atoms with van der Waals surface area (Å²) in [6, 6.07) is 22.4. The average Bonchev–Trinajstić information content (AvgIpc) is 3.03. The van der Waals surface area contributed by atoms with E-state index in [1.54, 1.807) is 6.07 Å². The van der Waals surface area contributed by atoms with Crippen LogP contribution in [0.25, 0.3) is 5.57 Å². The van der Waals surface area contributed by atoms with Crippen LogP contribution >= 0.6 is 0 Å². The minimum absolute atomic E-state index is 0.266. The maximum atomic E-state index is 13.5. The standard InChI is InChI=1S/C27H26N2O3/c1-4-16-32-23-14-10-20(11-15-23)24-25(28-21-12-8-18(2)9-13-21)27(31)29(26(24)30)22-7-5-6-19(3)17-22/h5-15,17,28H,4,16H2,1-3H3. The maximum absolute atomic E-state index is 13.5. The Morgan fingerprint density at radius 2 is 1.56 bits per heavy atom. The zero-order chi connectivity index (χ0) is 22.7. The van der Waals surface area contributed by atoms with Crippen molar-refractivity contribution in [3.8, 4) is 5.75 Å². The highest BCUT2D eigenvalue weighted by Gasteiger charge is 2.40. The second kappa shape index (κ2) is 9.10. The third-order valence-corrected chi connectivity index (χ3v) is 5.28. The van der Waals surface area contributed by atoms with Gasteiger partial charge in [-0.1, -0.05) is 48.9 Å². The Kier molecular flexibility index (Phi) is 6.08. The largest absolute Gasteiger partial charge is 0.494 e. The fourth-order valence-electron chi connectivity index (χ4n) is 3.63. The van der Waals surface area contributed by atoms with E-state index >= 15 is 0 Å². The van der Waals surface area contributed by atoms with Crippen molar-refractivity contribution in [3.05, 3.63) is 95.2 Å². The number of anilines is 2. The number of nitrogens with one attached hydrogen (secondary N) is 1. The van der Waals surface area contributed by atoms with Crippen molar-refractivity contribution in [3.63, 3.8) is 0 Å². The molecule has 0 radical (unpaired) electrons. The minimum atomic E-state index is -0.373. The molecule has 0 fully saturated rings. The first-order valence-electron chi connectivity index (χ1n) is 10.7. The number of ether oxygens (including phenoxy) is 1. The summed E-state index contributed by atoms with van der Waals surface area (Å²) in [7, 11) is 0. The van der Waals surface area contributed by atoms with E-state index in [4.69, 9.17) is 4.74 Å². The van der Waals surface area contributed by atoms with Gasteiger partial charge in [-0.05, 0) is 67.8 Å². The number of hydrogen-bond donors (Lipinski definition) is 1. The van der Waals surface area contributed by atoms with Crippen LogP contribution in [-0.2, 0) is 9.59 Å². The molecule has 0 aromatic heterocycles. The molecule has 0 saturated heterocycles. The summed E-state index contributed by atoms with van der Waals surface area (Å²) in [5.74, 6) is 0.0106. The Balaban J connectivity index is 1.76. The van der Waals surface area contributed by atoms with Crippen LogP contribution in [0.15, 0.2) is 78.5 Å². The number of carbonyl (C=O) groups is 2. The van der Waals surface area contributed by atoms with Crippen LogP contribution in [-0.4, -0.2) is 18.4 Å². The normalized spacial score (nSPS) is 13.7. The van der Waals surface area contributed by atoms with Gasteiger partial charge in [0.2, 0.25) is 0 Å².